The summed E-state index contributed by atoms with van der Waals surface area (Å²) in [6, 6.07) is -1.26. The summed E-state index contributed by atoms with van der Waals surface area (Å²) < 4.78 is 53.9. The monoisotopic (exact) mass is 316 g/mol. The Morgan fingerprint density at radius 3 is 1.82 bits per heavy atom. The van der Waals surface area contributed by atoms with Crippen LogP contribution in [0.2, 0.25) is 0 Å². The zero-order chi connectivity index (χ0) is 16.2. The van der Waals surface area contributed by atoms with Crippen molar-refractivity contribution in [2.75, 3.05) is 6.54 Å². The lowest BCUT2D eigenvalue weighted by atomic mass is 10.1. The van der Waals surface area contributed by atoms with Crippen molar-refractivity contribution in [1.29, 1.82) is 0 Å². The zero-order valence-electron chi connectivity index (χ0n) is 10.9. The van der Waals surface area contributed by atoms with E-state index in [9.17, 15) is 31.9 Å². The van der Waals surface area contributed by atoms with E-state index in [1.54, 1.807) is 0 Å². The smallest absolute Gasteiger partial charge is 0.265 e. The van der Waals surface area contributed by atoms with Gasteiger partial charge in [-0.25, -0.2) is 17.6 Å². The van der Waals surface area contributed by atoms with E-state index in [-0.39, 0.29) is 6.42 Å². The predicted molar refractivity (Wildman–Crippen MR) is 62.8 cm³/mol. The van der Waals surface area contributed by atoms with Gasteiger partial charge in [0.25, 0.3) is 11.8 Å². The number of nitrogens with one attached hydrogen (secondary N) is 1. The molecule has 3 rings (SSSR count). The van der Waals surface area contributed by atoms with E-state index in [1.807, 2.05) is 0 Å². The standard InChI is InChI=1S/C13H8F4N2O3/c14-7-5-6(8(15)10(17)9(7)16)13(22)19(12(5)21)4-2-1-3-18-11(4)20/h4H,1-3H2,(H,18,20)/t4-/m0/s1. The maximum Gasteiger partial charge on any atom is 0.265 e. The summed E-state index contributed by atoms with van der Waals surface area (Å²) in [6.07, 6.45) is 0.545. The molecule has 0 aromatic heterocycles. The van der Waals surface area contributed by atoms with Gasteiger partial charge in [-0.15, -0.1) is 0 Å². The molecule has 116 valence electrons. The first-order chi connectivity index (χ1) is 10.4. The molecule has 1 aromatic carbocycles. The van der Waals surface area contributed by atoms with Gasteiger partial charge >= 0.3 is 0 Å². The largest absolute Gasteiger partial charge is 0.354 e. The number of nitrogens with zero attached hydrogens (tertiary/aromatic N) is 1. The molecule has 0 radical (unpaired) electrons. The second kappa shape index (κ2) is 4.79. The number of hydrogen-bond acceptors (Lipinski definition) is 3. The van der Waals surface area contributed by atoms with Crippen molar-refractivity contribution >= 4 is 17.7 Å². The number of carbonyl (C=O) groups excluding carboxylic acids is 3. The molecular formula is C13H8F4N2O3. The van der Waals surface area contributed by atoms with Crippen LogP contribution in [0.3, 0.4) is 0 Å². The molecule has 2 aliphatic rings. The molecule has 1 N–H and O–H groups in total. The third-order valence-corrected chi connectivity index (χ3v) is 3.70. The maximum absolute atomic E-state index is 13.7. The van der Waals surface area contributed by atoms with Gasteiger partial charge < -0.3 is 5.32 Å². The first kappa shape index (κ1) is 14.5. The molecule has 9 heteroatoms. The Kier molecular flexibility index (Phi) is 3.15. The van der Waals surface area contributed by atoms with Gasteiger partial charge in [-0.3, -0.25) is 19.3 Å². The number of amides is 3. The fourth-order valence-electron chi connectivity index (χ4n) is 2.65. The van der Waals surface area contributed by atoms with Gasteiger partial charge in [0, 0.05) is 6.54 Å². The van der Waals surface area contributed by atoms with Crippen LogP contribution in [0.25, 0.3) is 0 Å². The number of piperidine rings is 1. The second-order valence-electron chi connectivity index (χ2n) is 4.94. The Morgan fingerprint density at radius 2 is 1.36 bits per heavy atom. The minimum atomic E-state index is -2.17. The molecule has 2 aliphatic heterocycles. The molecule has 2 heterocycles. The number of halogens is 4. The third-order valence-electron chi connectivity index (χ3n) is 3.70. The van der Waals surface area contributed by atoms with E-state index in [4.69, 9.17) is 0 Å². The normalized spacial score (nSPS) is 21.2. The molecule has 3 amide bonds. The Bertz CT molecular complexity index is 688. The zero-order valence-corrected chi connectivity index (χ0v) is 10.9. The molecule has 1 aromatic rings. The summed E-state index contributed by atoms with van der Waals surface area (Å²) in [6.45, 7) is 0.338. The molecule has 5 nitrogen and oxygen atoms in total. The van der Waals surface area contributed by atoms with Gasteiger partial charge in [-0.2, -0.15) is 0 Å². The molecular weight excluding hydrogens is 308 g/mol. The fourth-order valence-corrected chi connectivity index (χ4v) is 2.65. The average molecular weight is 316 g/mol. The maximum atomic E-state index is 13.7. The number of hydrogen-bond donors (Lipinski definition) is 1. The van der Waals surface area contributed by atoms with Crippen LogP contribution in [-0.2, 0) is 4.79 Å². The van der Waals surface area contributed by atoms with Crippen molar-refractivity contribution in [3.63, 3.8) is 0 Å². The highest BCUT2D eigenvalue weighted by atomic mass is 19.2. The summed E-state index contributed by atoms with van der Waals surface area (Å²) in [5.41, 5.74) is -2.36. The molecule has 1 atom stereocenters. The third kappa shape index (κ3) is 1.74. The van der Waals surface area contributed by atoms with Crippen LogP contribution in [0, 0.1) is 23.3 Å². The van der Waals surface area contributed by atoms with Crippen molar-refractivity contribution in [3.8, 4) is 0 Å². The van der Waals surface area contributed by atoms with Crippen molar-refractivity contribution < 1.29 is 31.9 Å². The van der Waals surface area contributed by atoms with E-state index in [1.165, 1.54) is 0 Å². The second-order valence-corrected chi connectivity index (χ2v) is 4.94. The van der Waals surface area contributed by atoms with Crippen molar-refractivity contribution in [3.05, 3.63) is 34.4 Å². The Morgan fingerprint density at radius 1 is 0.864 bits per heavy atom. The number of fused-ring (bicyclic) bond motifs is 1. The molecule has 0 aliphatic carbocycles. The first-order valence-corrected chi connectivity index (χ1v) is 6.37. The van der Waals surface area contributed by atoms with Crippen LogP contribution >= 0.6 is 0 Å². The predicted octanol–water partition coefficient (Wildman–Crippen LogP) is 1.12. The molecule has 0 spiro atoms. The van der Waals surface area contributed by atoms with Gasteiger partial charge in [0.05, 0.1) is 11.1 Å². The molecule has 1 saturated heterocycles. The minimum absolute atomic E-state index is 0.103. The molecule has 1 fully saturated rings. The highest BCUT2D eigenvalue weighted by Crippen LogP contribution is 2.33. The Hall–Kier alpha value is -2.45. The van der Waals surface area contributed by atoms with Crippen molar-refractivity contribution in [2.45, 2.75) is 18.9 Å². The van der Waals surface area contributed by atoms with Gasteiger partial charge in [0.2, 0.25) is 5.91 Å². The van der Waals surface area contributed by atoms with Crippen LogP contribution in [-0.4, -0.2) is 35.2 Å². The first-order valence-electron chi connectivity index (χ1n) is 6.37. The Balaban J connectivity index is 2.15. The van der Waals surface area contributed by atoms with Crippen LogP contribution < -0.4 is 5.32 Å². The van der Waals surface area contributed by atoms with Gasteiger partial charge in [-0.1, -0.05) is 0 Å². The van der Waals surface area contributed by atoms with Gasteiger partial charge in [0.1, 0.15) is 6.04 Å². The fraction of sp³-hybridized carbons (Fsp3) is 0.308. The van der Waals surface area contributed by atoms with E-state index >= 15 is 0 Å². The summed E-state index contributed by atoms with van der Waals surface area (Å²) >= 11 is 0. The summed E-state index contributed by atoms with van der Waals surface area (Å²) in [7, 11) is 0. The van der Waals surface area contributed by atoms with Crippen LogP contribution in [0.4, 0.5) is 17.6 Å². The lowest BCUT2D eigenvalue weighted by molar-refractivity contribution is -0.126. The van der Waals surface area contributed by atoms with Gasteiger partial charge in [-0.05, 0) is 12.8 Å². The van der Waals surface area contributed by atoms with Crippen molar-refractivity contribution in [2.24, 2.45) is 0 Å². The number of rotatable bonds is 1. The SMILES string of the molecule is O=C1NCCC[C@@H]1N1C(=O)c2c(F)c(F)c(F)c(F)c2C1=O. The van der Waals surface area contributed by atoms with E-state index in [2.05, 4.69) is 5.32 Å². The molecule has 0 saturated carbocycles. The van der Waals surface area contributed by atoms with Gasteiger partial charge in [0.15, 0.2) is 23.3 Å². The average Bonchev–Trinajstić information content (AvgIpc) is 2.75. The van der Waals surface area contributed by atoms with Crippen molar-refractivity contribution in [1.82, 2.24) is 10.2 Å². The van der Waals surface area contributed by atoms with Crippen LogP contribution in [0.5, 0.6) is 0 Å². The summed E-state index contributed by atoms with van der Waals surface area (Å²) in [5, 5.41) is 2.41. The lowest BCUT2D eigenvalue weighted by Crippen LogP contribution is -2.52. The topological polar surface area (TPSA) is 66.5 Å². The quantitative estimate of drug-likeness (QED) is 0.365. The summed E-state index contributed by atoms with van der Waals surface area (Å²) in [5.74, 6) is -11.6. The minimum Gasteiger partial charge on any atom is -0.354 e. The Labute approximate surface area is 120 Å². The van der Waals surface area contributed by atoms with E-state index in [0.29, 0.717) is 17.9 Å². The van der Waals surface area contributed by atoms with E-state index < -0.39 is 58.2 Å². The van der Waals surface area contributed by atoms with Crippen LogP contribution in [0.15, 0.2) is 0 Å². The molecule has 0 bridgehead atoms. The number of benzene rings is 1. The summed E-state index contributed by atoms with van der Waals surface area (Å²) in [4.78, 5) is 36.3. The van der Waals surface area contributed by atoms with E-state index in [0.717, 1.165) is 0 Å². The highest BCUT2D eigenvalue weighted by Gasteiger charge is 2.48. The number of carbonyl (C=O) groups is 3. The van der Waals surface area contributed by atoms with Crippen LogP contribution in [0.1, 0.15) is 33.6 Å². The highest BCUT2D eigenvalue weighted by molar-refractivity contribution is 6.23. The molecule has 22 heavy (non-hydrogen) atoms. The molecule has 0 unspecified atom stereocenters. The number of imide groups is 1. The lowest BCUT2D eigenvalue weighted by Gasteiger charge is -2.28.